The molecular formula is C19H19Cl2N3O3. The van der Waals surface area contributed by atoms with Crippen molar-refractivity contribution in [2.24, 2.45) is 0 Å². The van der Waals surface area contributed by atoms with Gasteiger partial charge in [0.15, 0.2) is 0 Å². The molecule has 0 aliphatic heterocycles. The quantitative estimate of drug-likeness (QED) is 0.658. The molecule has 0 saturated carbocycles. The van der Waals surface area contributed by atoms with Gasteiger partial charge in [0.2, 0.25) is 11.8 Å². The first kappa shape index (κ1) is 20.7. The summed E-state index contributed by atoms with van der Waals surface area (Å²) in [5, 5.41) is 3.34. The third-order valence-electron chi connectivity index (χ3n) is 3.74. The molecule has 27 heavy (non-hydrogen) atoms. The predicted octanol–water partition coefficient (Wildman–Crippen LogP) is 3.79. The number of hydrogen-bond donors (Lipinski definition) is 3. The van der Waals surface area contributed by atoms with Gasteiger partial charge < -0.3 is 5.32 Å². The molecule has 142 valence electrons. The monoisotopic (exact) mass is 407 g/mol. The van der Waals surface area contributed by atoms with E-state index >= 15 is 0 Å². The van der Waals surface area contributed by atoms with Gasteiger partial charge in [0.25, 0.3) is 5.91 Å². The minimum absolute atomic E-state index is 0.0171. The Morgan fingerprint density at radius 2 is 1.59 bits per heavy atom. The van der Waals surface area contributed by atoms with Gasteiger partial charge in [-0.1, -0.05) is 35.3 Å². The molecule has 6 nitrogen and oxygen atoms in total. The molecule has 0 fully saturated rings. The Labute approximate surface area is 167 Å². The molecule has 0 heterocycles. The van der Waals surface area contributed by atoms with Crippen LogP contribution in [0.4, 0.5) is 5.69 Å². The average molecular weight is 408 g/mol. The second-order valence-corrected chi connectivity index (χ2v) is 6.84. The van der Waals surface area contributed by atoms with Gasteiger partial charge in [-0.2, -0.15) is 0 Å². The van der Waals surface area contributed by atoms with Gasteiger partial charge in [-0.25, -0.2) is 0 Å². The molecule has 2 aromatic carbocycles. The second-order valence-electron chi connectivity index (χ2n) is 5.99. The molecule has 2 aromatic rings. The molecule has 3 amide bonds. The first-order chi connectivity index (χ1) is 12.8. The fourth-order valence-electron chi connectivity index (χ4n) is 2.24. The Hall–Kier alpha value is -2.57. The van der Waals surface area contributed by atoms with E-state index in [1.807, 2.05) is 32.0 Å². The van der Waals surface area contributed by atoms with Crippen molar-refractivity contribution in [2.45, 2.75) is 26.7 Å². The second kappa shape index (κ2) is 9.39. The molecule has 0 saturated heterocycles. The predicted molar refractivity (Wildman–Crippen MR) is 106 cm³/mol. The van der Waals surface area contributed by atoms with Crippen LogP contribution in [-0.4, -0.2) is 17.7 Å². The van der Waals surface area contributed by atoms with Crippen LogP contribution < -0.4 is 16.2 Å². The van der Waals surface area contributed by atoms with Crippen molar-refractivity contribution in [1.82, 2.24) is 10.9 Å². The summed E-state index contributed by atoms with van der Waals surface area (Å²) in [4.78, 5) is 35.8. The molecule has 0 aliphatic rings. The standard InChI is InChI=1S/C19H19Cl2N3O3/c1-11-3-4-12(2)16(9-11)22-17(25)7-8-18(26)23-24-19(27)14-6-5-13(20)10-15(14)21/h3-6,9-10H,7-8H2,1-2H3,(H,22,25)(H,23,26)(H,24,27). The molecule has 0 unspecified atom stereocenters. The van der Waals surface area contributed by atoms with Crippen molar-refractivity contribution in [3.05, 3.63) is 63.1 Å². The van der Waals surface area contributed by atoms with Gasteiger partial charge in [0.05, 0.1) is 10.6 Å². The number of rotatable bonds is 5. The number of aryl methyl sites for hydroxylation is 2. The Morgan fingerprint density at radius 3 is 2.30 bits per heavy atom. The van der Waals surface area contributed by atoms with Crippen LogP contribution in [0.1, 0.15) is 34.3 Å². The average Bonchev–Trinajstić information content (AvgIpc) is 2.61. The molecule has 0 atom stereocenters. The van der Waals surface area contributed by atoms with Crippen LogP contribution in [0, 0.1) is 13.8 Å². The van der Waals surface area contributed by atoms with E-state index in [2.05, 4.69) is 16.2 Å². The highest BCUT2D eigenvalue weighted by Crippen LogP contribution is 2.20. The summed E-state index contributed by atoms with van der Waals surface area (Å²) in [5.74, 6) is -1.36. The van der Waals surface area contributed by atoms with E-state index in [1.165, 1.54) is 18.2 Å². The van der Waals surface area contributed by atoms with Crippen LogP contribution in [0.15, 0.2) is 36.4 Å². The Kier molecular flexibility index (Phi) is 7.21. The molecule has 8 heteroatoms. The van der Waals surface area contributed by atoms with E-state index in [-0.39, 0.29) is 29.3 Å². The number of carbonyl (C=O) groups excluding carboxylic acids is 3. The van der Waals surface area contributed by atoms with Gasteiger partial charge in [-0.3, -0.25) is 25.2 Å². The van der Waals surface area contributed by atoms with Gasteiger partial charge in [-0.05, 0) is 49.2 Å². The third kappa shape index (κ3) is 6.27. The third-order valence-corrected chi connectivity index (χ3v) is 4.29. The van der Waals surface area contributed by atoms with Crippen molar-refractivity contribution in [3.63, 3.8) is 0 Å². The number of hydrogen-bond acceptors (Lipinski definition) is 3. The highest BCUT2D eigenvalue weighted by molar-refractivity contribution is 6.36. The number of carbonyl (C=O) groups is 3. The van der Waals surface area contributed by atoms with Crippen molar-refractivity contribution in [1.29, 1.82) is 0 Å². The summed E-state index contributed by atoms with van der Waals surface area (Å²) >= 11 is 11.7. The van der Waals surface area contributed by atoms with Crippen molar-refractivity contribution < 1.29 is 14.4 Å². The highest BCUT2D eigenvalue weighted by atomic mass is 35.5. The lowest BCUT2D eigenvalue weighted by atomic mass is 10.1. The van der Waals surface area contributed by atoms with Crippen LogP contribution in [0.5, 0.6) is 0 Å². The Balaban J connectivity index is 1.79. The maximum atomic E-state index is 12.0. The van der Waals surface area contributed by atoms with Gasteiger partial charge in [0.1, 0.15) is 0 Å². The summed E-state index contributed by atoms with van der Waals surface area (Å²) in [6.45, 7) is 3.82. The van der Waals surface area contributed by atoms with Crippen LogP contribution in [0.2, 0.25) is 10.0 Å². The molecule has 0 aliphatic carbocycles. The van der Waals surface area contributed by atoms with E-state index in [0.717, 1.165) is 11.1 Å². The largest absolute Gasteiger partial charge is 0.326 e. The molecule has 2 rings (SSSR count). The zero-order valence-electron chi connectivity index (χ0n) is 14.9. The molecule has 0 bridgehead atoms. The molecule has 0 spiro atoms. The zero-order valence-corrected chi connectivity index (χ0v) is 16.4. The van der Waals surface area contributed by atoms with Gasteiger partial charge >= 0.3 is 0 Å². The maximum Gasteiger partial charge on any atom is 0.271 e. The number of nitrogens with one attached hydrogen (secondary N) is 3. The van der Waals surface area contributed by atoms with Crippen LogP contribution in [0.3, 0.4) is 0 Å². The topological polar surface area (TPSA) is 87.3 Å². The number of halogens is 2. The SMILES string of the molecule is Cc1ccc(C)c(NC(=O)CCC(=O)NNC(=O)c2ccc(Cl)cc2Cl)c1. The van der Waals surface area contributed by atoms with Crippen LogP contribution >= 0.6 is 23.2 Å². The summed E-state index contributed by atoms with van der Waals surface area (Å²) in [5.41, 5.74) is 7.35. The fourth-order valence-corrected chi connectivity index (χ4v) is 2.73. The first-order valence-electron chi connectivity index (χ1n) is 8.17. The lowest BCUT2D eigenvalue weighted by molar-refractivity contribution is -0.124. The van der Waals surface area contributed by atoms with E-state index < -0.39 is 11.8 Å². The minimum Gasteiger partial charge on any atom is -0.326 e. The molecule has 3 N–H and O–H groups in total. The molecule has 0 aromatic heterocycles. The smallest absolute Gasteiger partial charge is 0.271 e. The van der Waals surface area contributed by atoms with E-state index in [4.69, 9.17) is 23.2 Å². The minimum atomic E-state index is -0.579. The summed E-state index contributed by atoms with van der Waals surface area (Å²) in [7, 11) is 0. The zero-order chi connectivity index (χ0) is 20.0. The first-order valence-corrected chi connectivity index (χ1v) is 8.93. The highest BCUT2D eigenvalue weighted by Gasteiger charge is 2.13. The lowest BCUT2D eigenvalue weighted by Crippen LogP contribution is -2.41. The summed E-state index contributed by atoms with van der Waals surface area (Å²) in [6.07, 6.45) is -0.0951. The number of hydrazine groups is 1. The lowest BCUT2D eigenvalue weighted by Gasteiger charge is -2.10. The van der Waals surface area contributed by atoms with Crippen LogP contribution in [0.25, 0.3) is 0 Å². The number of benzene rings is 2. The maximum absolute atomic E-state index is 12.0. The van der Waals surface area contributed by atoms with Crippen molar-refractivity contribution in [3.8, 4) is 0 Å². The summed E-state index contributed by atoms with van der Waals surface area (Å²) in [6, 6.07) is 10.1. The number of amides is 3. The van der Waals surface area contributed by atoms with Gasteiger partial charge in [-0.15, -0.1) is 0 Å². The Bertz CT molecular complexity index is 884. The molecule has 0 radical (unpaired) electrons. The van der Waals surface area contributed by atoms with Gasteiger partial charge in [0, 0.05) is 23.6 Å². The van der Waals surface area contributed by atoms with Crippen molar-refractivity contribution >= 4 is 46.6 Å². The van der Waals surface area contributed by atoms with Crippen LogP contribution in [-0.2, 0) is 9.59 Å². The normalized spacial score (nSPS) is 10.2. The fraction of sp³-hybridized carbons (Fsp3) is 0.211. The van der Waals surface area contributed by atoms with E-state index in [9.17, 15) is 14.4 Å². The van der Waals surface area contributed by atoms with E-state index in [0.29, 0.717) is 10.7 Å². The molecular weight excluding hydrogens is 389 g/mol. The summed E-state index contributed by atoms with van der Waals surface area (Å²) < 4.78 is 0. The van der Waals surface area contributed by atoms with E-state index in [1.54, 1.807) is 0 Å². The van der Waals surface area contributed by atoms with Crippen molar-refractivity contribution in [2.75, 3.05) is 5.32 Å². The number of anilines is 1. The Morgan fingerprint density at radius 1 is 0.889 bits per heavy atom.